The number of carbonyl (C=O) groups excluding carboxylic acids is 2. The second-order valence-electron chi connectivity index (χ2n) is 6.56. The van der Waals surface area contributed by atoms with Crippen LogP contribution in [-0.4, -0.2) is 44.7 Å². The van der Waals surface area contributed by atoms with Crippen LogP contribution in [0, 0.1) is 0 Å². The Labute approximate surface area is 177 Å². The summed E-state index contributed by atoms with van der Waals surface area (Å²) in [5, 5.41) is 8.16. The van der Waals surface area contributed by atoms with E-state index >= 15 is 0 Å². The molecule has 10 heteroatoms. The van der Waals surface area contributed by atoms with Gasteiger partial charge < -0.3 is 18.3 Å². The Morgan fingerprint density at radius 2 is 1.26 bits per heavy atom. The van der Waals surface area contributed by atoms with Crippen molar-refractivity contribution in [2.45, 2.75) is 19.5 Å². The molecule has 0 radical (unpaired) electrons. The lowest BCUT2D eigenvalue weighted by Gasteiger charge is -2.04. The smallest absolute Gasteiger partial charge is 0.374 e. The van der Waals surface area contributed by atoms with Crippen LogP contribution in [0.1, 0.15) is 39.1 Å². The standard InChI is InChI=1S/C21H20N4O6/c26-20(18-6-4-16(30-18)14-24-10-1-8-22-24)28-12-3-13-29-21(27)19-7-5-17(31-19)15-25-11-2-9-23-25/h1-2,4-11H,3,12-15H2. The number of aromatic nitrogens is 4. The Balaban J connectivity index is 1.15. The number of nitrogens with zero attached hydrogens (tertiary/aromatic N) is 4. The third-order valence-electron chi connectivity index (χ3n) is 4.23. The zero-order valence-corrected chi connectivity index (χ0v) is 16.5. The molecule has 160 valence electrons. The zero-order chi connectivity index (χ0) is 21.5. The maximum Gasteiger partial charge on any atom is 0.374 e. The van der Waals surface area contributed by atoms with E-state index in [9.17, 15) is 9.59 Å². The summed E-state index contributed by atoms with van der Waals surface area (Å²) in [6.45, 7) is 1.02. The number of furan rings is 2. The lowest BCUT2D eigenvalue weighted by molar-refractivity contribution is 0.0356. The van der Waals surface area contributed by atoms with Gasteiger partial charge in [-0.15, -0.1) is 0 Å². The van der Waals surface area contributed by atoms with E-state index in [1.165, 1.54) is 0 Å². The summed E-state index contributed by atoms with van der Waals surface area (Å²) >= 11 is 0. The van der Waals surface area contributed by atoms with Crippen LogP contribution >= 0.6 is 0 Å². The van der Waals surface area contributed by atoms with Gasteiger partial charge in [-0.1, -0.05) is 0 Å². The van der Waals surface area contributed by atoms with Crippen molar-refractivity contribution in [3.63, 3.8) is 0 Å². The van der Waals surface area contributed by atoms with Crippen LogP contribution in [0.2, 0.25) is 0 Å². The number of hydrogen-bond acceptors (Lipinski definition) is 8. The Hall–Kier alpha value is -4.08. The molecule has 0 aliphatic rings. The summed E-state index contributed by atoms with van der Waals surface area (Å²) in [6, 6.07) is 10.1. The predicted molar refractivity (Wildman–Crippen MR) is 105 cm³/mol. The average molecular weight is 424 g/mol. The van der Waals surface area contributed by atoms with Crippen molar-refractivity contribution in [2.24, 2.45) is 0 Å². The van der Waals surface area contributed by atoms with Crippen molar-refractivity contribution in [3.8, 4) is 0 Å². The Bertz CT molecular complexity index is 1020. The van der Waals surface area contributed by atoms with Crippen LogP contribution in [0.15, 0.2) is 70.0 Å². The SMILES string of the molecule is O=C(OCCCOC(=O)c1ccc(Cn2cccn2)o1)c1ccc(Cn2cccn2)o1. The van der Waals surface area contributed by atoms with Crippen molar-refractivity contribution in [3.05, 3.63) is 84.2 Å². The highest BCUT2D eigenvalue weighted by Crippen LogP contribution is 2.12. The van der Waals surface area contributed by atoms with Gasteiger partial charge in [-0.3, -0.25) is 9.36 Å². The number of hydrogen-bond donors (Lipinski definition) is 0. The van der Waals surface area contributed by atoms with Crippen LogP contribution in [-0.2, 0) is 22.6 Å². The molecule has 4 aromatic rings. The van der Waals surface area contributed by atoms with Gasteiger partial charge in [0.05, 0.1) is 26.3 Å². The van der Waals surface area contributed by atoms with Gasteiger partial charge in [0.25, 0.3) is 0 Å². The first-order chi connectivity index (χ1) is 15.2. The van der Waals surface area contributed by atoms with Gasteiger partial charge in [0.15, 0.2) is 0 Å². The van der Waals surface area contributed by atoms with E-state index in [1.54, 1.807) is 70.5 Å². The van der Waals surface area contributed by atoms with Gasteiger partial charge >= 0.3 is 11.9 Å². The molecule has 0 aromatic carbocycles. The van der Waals surface area contributed by atoms with Crippen molar-refractivity contribution in [1.82, 2.24) is 19.6 Å². The fraction of sp³-hybridized carbons (Fsp3) is 0.238. The molecular formula is C21H20N4O6. The van der Waals surface area contributed by atoms with E-state index in [-0.39, 0.29) is 24.7 Å². The fourth-order valence-corrected chi connectivity index (χ4v) is 2.78. The molecule has 4 rings (SSSR count). The van der Waals surface area contributed by atoms with E-state index in [0.717, 1.165) is 0 Å². The normalized spacial score (nSPS) is 10.8. The molecule has 10 nitrogen and oxygen atoms in total. The second kappa shape index (κ2) is 9.61. The van der Waals surface area contributed by atoms with Crippen molar-refractivity contribution in [2.75, 3.05) is 13.2 Å². The number of esters is 2. The predicted octanol–water partition coefficient (Wildman–Crippen LogP) is 2.77. The highest BCUT2D eigenvalue weighted by molar-refractivity contribution is 5.86. The van der Waals surface area contributed by atoms with Gasteiger partial charge in [-0.05, 0) is 36.4 Å². The Morgan fingerprint density at radius 3 is 1.68 bits per heavy atom. The topological polar surface area (TPSA) is 115 Å². The average Bonchev–Trinajstić information content (AvgIpc) is 3.56. The minimum Gasteiger partial charge on any atom is -0.460 e. The first-order valence-electron chi connectivity index (χ1n) is 9.64. The van der Waals surface area contributed by atoms with Crippen LogP contribution in [0.5, 0.6) is 0 Å². The monoisotopic (exact) mass is 424 g/mol. The molecule has 0 fully saturated rings. The first kappa shape index (κ1) is 20.2. The van der Waals surface area contributed by atoms with E-state index in [2.05, 4.69) is 10.2 Å². The van der Waals surface area contributed by atoms with Gasteiger partial charge in [0.1, 0.15) is 11.5 Å². The van der Waals surface area contributed by atoms with Crippen LogP contribution < -0.4 is 0 Å². The maximum absolute atomic E-state index is 12.0. The second-order valence-corrected chi connectivity index (χ2v) is 6.56. The number of carbonyl (C=O) groups is 2. The largest absolute Gasteiger partial charge is 0.460 e. The van der Waals surface area contributed by atoms with Crippen molar-refractivity contribution in [1.29, 1.82) is 0 Å². The lowest BCUT2D eigenvalue weighted by atomic mass is 10.4. The molecule has 0 bridgehead atoms. The molecule has 0 unspecified atom stereocenters. The summed E-state index contributed by atoms with van der Waals surface area (Å²) in [7, 11) is 0. The highest BCUT2D eigenvalue weighted by atomic mass is 16.6. The van der Waals surface area contributed by atoms with Gasteiger partial charge in [-0.25, -0.2) is 9.59 Å². The minimum absolute atomic E-state index is 0.0873. The van der Waals surface area contributed by atoms with Crippen molar-refractivity contribution < 1.29 is 27.9 Å². The van der Waals surface area contributed by atoms with Gasteiger partial charge in [-0.2, -0.15) is 10.2 Å². The third-order valence-corrected chi connectivity index (χ3v) is 4.23. The quantitative estimate of drug-likeness (QED) is 0.282. The van der Waals surface area contributed by atoms with E-state index in [4.69, 9.17) is 18.3 Å². The first-order valence-corrected chi connectivity index (χ1v) is 9.64. The van der Waals surface area contributed by atoms with Crippen molar-refractivity contribution >= 4 is 11.9 Å². The molecular weight excluding hydrogens is 404 g/mol. The third kappa shape index (κ3) is 5.50. The number of ether oxygens (including phenoxy) is 2. The van der Waals surface area contributed by atoms with Gasteiger partial charge in [0.2, 0.25) is 11.5 Å². The molecule has 0 aliphatic heterocycles. The van der Waals surface area contributed by atoms with E-state index < -0.39 is 11.9 Å². The molecule has 0 amide bonds. The van der Waals surface area contributed by atoms with E-state index in [0.29, 0.717) is 31.0 Å². The van der Waals surface area contributed by atoms with Crippen LogP contribution in [0.3, 0.4) is 0 Å². The molecule has 31 heavy (non-hydrogen) atoms. The summed E-state index contributed by atoms with van der Waals surface area (Å²) in [5.41, 5.74) is 0. The van der Waals surface area contributed by atoms with Crippen LogP contribution in [0.25, 0.3) is 0 Å². The zero-order valence-electron chi connectivity index (χ0n) is 16.5. The molecule has 0 atom stereocenters. The van der Waals surface area contributed by atoms with Crippen LogP contribution in [0.4, 0.5) is 0 Å². The fourth-order valence-electron chi connectivity index (χ4n) is 2.78. The molecule has 0 aliphatic carbocycles. The molecule has 0 N–H and O–H groups in total. The molecule has 0 saturated carbocycles. The molecule has 0 saturated heterocycles. The summed E-state index contributed by atoms with van der Waals surface area (Å²) < 4.78 is 24.6. The lowest BCUT2D eigenvalue weighted by Crippen LogP contribution is -2.10. The Kier molecular flexibility index (Phi) is 6.26. The van der Waals surface area contributed by atoms with Gasteiger partial charge in [0, 0.05) is 31.2 Å². The maximum atomic E-state index is 12.0. The summed E-state index contributed by atoms with van der Waals surface area (Å²) in [6.07, 6.45) is 7.27. The van der Waals surface area contributed by atoms with E-state index in [1.807, 2.05) is 0 Å². The molecule has 4 aromatic heterocycles. The molecule has 4 heterocycles. The summed E-state index contributed by atoms with van der Waals surface area (Å²) in [4.78, 5) is 24.1. The number of rotatable bonds is 10. The molecule has 0 spiro atoms. The Morgan fingerprint density at radius 1 is 0.774 bits per heavy atom. The summed E-state index contributed by atoms with van der Waals surface area (Å²) in [5.74, 6) is 0.253. The minimum atomic E-state index is -0.577. The highest BCUT2D eigenvalue weighted by Gasteiger charge is 2.15.